The maximum absolute atomic E-state index is 2.48. The van der Waals surface area contributed by atoms with E-state index < -0.39 is 0 Å². The zero-order chi connectivity index (χ0) is 11.7. The van der Waals surface area contributed by atoms with Crippen LogP contribution in [-0.4, -0.2) is 13.1 Å². The highest BCUT2D eigenvalue weighted by molar-refractivity contribution is 7.15. The Bertz CT molecular complexity index is 492. The second-order valence-corrected chi connectivity index (χ2v) is 5.94. The second kappa shape index (κ2) is 4.53. The zero-order valence-corrected chi connectivity index (χ0v) is 11.0. The minimum Gasteiger partial charge on any atom is -0.372 e. The van der Waals surface area contributed by atoms with Crippen molar-refractivity contribution in [2.75, 3.05) is 18.0 Å². The molecule has 1 aromatic carbocycles. The minimum absolute atomic E-state index is 1.22. The lowest BCUT2D eigenvalue weighted by molar-refractivity contribution is 0.949. The van der Waals surface area contributed by atoms with E-state index in [1.54, 1.807) is 0 Å². The molecule has 1 aliphatic heterocycles. The Morgan fingerprint density at radius 3 is 2.24 bits per heavy atom. The third-order valence-corrected chi connectivity index (χ3v) is 4.41. The van der Waals surface area contributed by atoms with Gasteiger partial charge in [0.1, 0.15) is 0 Å². The van der Waals surface area contributed by atoms with Crippen molar-refractivity contribution in [3.05, 3.63) is 41.3 Å². The van der Waals surface area contributed by atoms with Crippen molar-refractivity contribution in [2.24, 2.45) is 0 Å². The van der Waals surface area contributed by atoms with Crippen LogP contribution < -0.4 is 4.90 Å². The first-order valence-corrected chi connectivity index (χ1v) is 7.06. The molecule has 3 rings (SSSR count). The molecule has 1 saturated heterocycles. The number of benzene rings is 1. The Labute approximate surface area is 107 Å². The van der Waals surface area contributed by atoms with Crippen molar-refractivity contribution in [1.82, 2.24) is 0 Å². The fourth-order valence-corrected chi connectivity index (χ4v) is 3.27. The lowest BCUT2D eigenvalue weighted by Crippen LogP contribution is -2.17. The second-order valence-electron chi connectivity index (χ2n) is 4.65. The molecule has 0 spiro atoms. The van der Waals surface area contributed by atoms with Gasteiger partial charge < -0.3 is 4.90 Å². The molecule has 2 heteroatoms. The van der Waals surface area contributed by atoms with Crippen LogP contribution in [0.3, 0.4) is 0 Å². The van der Waals surface area contributed by atoms with Crippen LogP contribution in [0.4, 0.5) is 5.69 Å². The standard InChI is InChI=1S/C15H17NS/c1-12-4-9-15(17-12)13-5-7-14(8-6-13)16-10-2-3-11-16/h4-9H,2-3,10-11H2,1H3. The fourth-order valence-electron chi connectivity index (χ4n) is 2.40. The van der Waals surface area contributed by atoms with Crippen molar-refractivity contribution < 1.29 is 0 Å². The molecule has 0 atom stereocenters. The number of nitrogens with zero attached hydrogens (tertiary/aromatic N) is 1. The zero-order valence-electron chi connectivity index (χ0n) is 10.1. The summed E-state index contributed by atoms with van der Waals surface area (Å²) in [6, 6.07) is 13.4. The molecule has 1 aromatic heterocycles. The predicted molar refractivity (Wildman–Crippen MR) is 75.9 cm³/mol. The van der Waals surface area contributed by atoms with Crippen LogP contribution in [0, 0.1) is 6.92 Å². The molecule has 0 radical (unpaired) electrons. The molecule has 17 heavy (non-hydrogen) atoms. The number of thiophene rings is 1. The Kier molecular flexibility index (Phi) is 2.89. The van der Waals surface area contributed by atoms with Gasteiger partial charge in [-0.3, -0.25) is 0 Å². The molecule has 1 aliphatic rings. The van der Waals surface area contributed by atoms with Gasteiger partial charge in [-0.25, -0.2) is 0 Å². The number of aryl methyl sites for hydroxylation is 1. The van der Waals surface area contributed by atoms with Crippen molar-refractivity contribution in [3.63, 3.8) is 0 Å². The third kappa shape index (κ3) is 2.22. The SMILES string of the molecule is Cc1ccc(-c2ccc(N3CCCC3)cc2)s1. The minimum atomic E-state index is 1.22. The summed E-state index contributed by atoms with van der Waals surface area (Å²) in [4.78, 5) is 5.22. The van der Waals surface area contributed by atoms with Crippen LogP contribution in [0.2, 0.25) is 0 Å². The Balaban J connectivity index is 1.84. The molecular formula is C15H17NS. The normalized spacial score (nSPS) is 15.5. The van der Waals surface area contributed by atoms with E-state index in [9.17, 15) is 0 Å². The summed E-state index contributed by atoms with van der Waals surface area (Å²) >= 11 is 1.87. The van der Waals surface area contributed by atoms with Gasteiger partial charge in [0, 0.05) is 28.5 Å². The van der Waals surface area contributed by atoms with Crippen molar-refractivity contribution >= 4 is 17.0 Å². The quantitative estimate of drug-likeness (QED) is 0.759. The highest BCUT2D eigenvalue weighted by atomic mass is 32.1. The molecule has 2 heterocycles. The number of hydrogen-bond donors (Lipinski definition) is 0. The molecule has 0 bridgehead atoms. The molecule has 0 N–H and O–H groups in total. The molecule has 88 valence electrons. The summed E-state index contributed by atoms with van der Waals surface area (Å²) in [6.07, 6.45) is 2.68. The molecule has 1 fully saturated rings. The van der Waals surface area contributed by atoms with E-state index in [4.69, 9.17) is 0 Å². The molecule has 0 amide bonds. The van der Waals surface area contributed by atoms with Crippen LogP contribution in [0.5, 0.6) is 0 Å². The average molecular weight is 243 g/mol. The maximum Gasteiger partial charge on any atom is 0.0366 e. The summed E-state index contributed by atoms with van der Waals surface area (Å²) in [5, 5.41) is 0. The summed E-state index contributed by atoms with van der Waals surface area (Å²) in [7, 11) is 0. The summed E-state index contributed by atoms with van der Waals surface area (Å²) in [6.45, 7) is 4.60. The molecule has 1 nitrogen and oxygen atoms in total. The van der Waals surface area contributed by atoms with Gasteiger partial charge in [0.25, 0.3) is 0 Å². The Morgan fingerprint density at radius 1 is 0.941 bits per heavy atom. The molecule has 2 aromatic rings. The Morgan fingerprint density at radius 2 is 1.65 bits per heavy atom. The van der Waals surface area contributed by atoms with E-state index in [0.29, 0.717) is 0 Å². The van der Waals surface area contributed by atoms with E-state index in [0.717, 1.165) is 0 Å². The smallest absolute Gasteiger partial charge is 0.0366 e. The molecular weight excluding hydrogens is 226 g/mol. The third-order valence-electron chi connectivity index (χ3n) is 3.36. The van der Waals surface area contributed by atoms with Gasteiger partial charge in [-0.15, -0.1) is 11.3 Å². The summed E-state index contributed by atoms with van der Waals surface area (Å²) < 4.78 is 0. The van der Waals surface area contributed by atoms with E-state index >= 15 is 0 Å². The Hall–Kier alpha value is -1.28. The van der Waals surface area contributed by atoms with Gasteiger partial charge in [-0.2, -0.15) is 0 Å². The van der Waals surface area contributed by atoms with E-state index in [2.05, 4.69) is 48.2 Å². The van der Waals surface area contributed by atoms with Gasteiger partial charge in [0.15, 0.2) is 0 Å². The first-order valence-electron chi connectivity index (χ1n) is 6.25. The molecule has 0 unspecified atom stereocenters. The lowest BCUT2D eigenvalue weighted by Gasteiger charge is -2.17. The summed E-state index contributed by atoms with van der Waals surface area (Å²) in [5.74, 6) is 0. The van der Waals surface area contributed by atoms with Crippen LogP contribution in [0.25, 0.3) is 10.4 Å². The van der Waals surface area contributed by atoms with Crippen LogP contribution in [0.15, 0.2) is 36.4 Å². The van der Waals surface area contributed by atoms with Crippen molar-refractivity contribution in [2.45, 2.75) is 19.8 Å². The van der Waals surface area contributed by atoms with Crippen LogP contribution in [0.1, 0.15) is 17.7 Å². The highest BCUT2D eigenvalue weighted by Gasteiger charge is 2.12. The van der Waals surface area contributed by atoms with Gasteiger partial charge in [-0.05, 0) is 49.6 Å². The molecule has 0 saturated carbocycles. The first kappa shape index (κ1) is 10.8. The van der Waals surface area contributed by atoms with Gasteiger partial charge in [-0.1, -0.05) is 12.1 Å². The van der Waals surface area contributed by atoms with E-state index in [-0.39, 0.29) is 0 Å². The lowest BCUT2D eigenvalue weighted by atomic mass is 10.1. The van der Waals surface area contributed by atoms with Gasteiger partial charge >= 0.3 is 0 Å². The van der Waals surface area contributed by atoms with Crippen LogP contribution >= 0.6 is 11.3 Å². The van der Waals surface area contributed by atoms with E-state index in [1.165, 1.54) is 46.9 Å². The number of anilines is 1. The van der Waals surface area contributed by atoms with E-state index in [1.807, 2.05) is 11.3 Å². The van der Waals surface area contributed by atoms with Gasteiger partial charge in [0.2, 0.25) is 0 Å². The number of hydrogen-bond acceptors (Lipinski definition) is 2. The fraction of sp³-hybridized carbons (Fsp3) is 0.333. The highest BCUT2D eigenvalue weighted by Crippen LogP contribution is 2.29. The van der Waals surface area contributed by atoms with Gasteiger partial charge in [0.05, 0.1) is 0 Å². The van der Waals surface area contributed by atoms with Crippen LogP contribution in [-0.2, 0) is 0 Å². The predicted octanol–water partition coefficient (Wildman–Crippen LogP) is 4.32. The number of rotatable bonds is 2. The first-order chi connectivity index (χ1) is 8.33. The topological polar surface area (TPSA) is 3.24 Å². The largest absolute Gasteiger partial charge is 0.372 e. The average Bonchev–Trinajstić information content (AvgIpc) is 3.00. The van der Waals surface area contributed by atoms with Crippen molar-refractivity contribution in [3.8, 4) is 10.4 Å². The molecule has 0 aliphatic carbocycles. The van der Waals surface area contributed by atoms with Crippen molar-refractivity contribution in [1.29, 1.82) is 0 Å². The monoisotopic (exact) mass is 243 g/mol. The summed E-state index contributed by atoms with van der Waals surface area (Å²) in [5.41, 5.74) is 2.71. The maximum atomic E-state index is 2.48.